The Balaban J connectivity index is 1.63. The summed E-state index contributed by atoms with van der Waals surface area (Å²) in [5, 5.41) is 3.75. The standard InChI is InChI=1S/C19H30N2/c1-4-10-20-19-9-11-21(15(3)14(19)2)18-12-16-7-5-6-8-17(16)13-18/h5-8,14-15,18-20H,4,9-13H2,1-3H3. The molecule has 0 amide bonds. The molecule has 0 spiro atoms. The van der Waals surface area contributed by atoms with Gasteiger partial charge in [0.2, 0.25) is 0 Å². The van der Waals surface area contributed by atoms with E-state index in [0.29, 0.717) is 12.1 Å². The Morgan fingerprint density at radius 3 is 2.43 bits per heavy atom. The molecule has 1 aliphatic heterocycles. The minimum absolute atomic E-state index is 0.687. The third kappa shape index (κ3) is 3.02. The van der Waals surface area contributed by atoms with Crippen molar-refractivity contribution in [2.45, 2.75) is 64.6 Å². The van der Waals surface area contributed by atoms with E-state index >= 15 is 0 Å². The molecule has 1 saturated heterocycles. The molecule has 2 aliphatic rings. The van der Waals surface area contributed by atoms with Crippen LogP contribution < -0.4 is 5.32 Å². The zero-order chi connectivity index (χ0) is 14.8. The number of benzene rings is 1. The fourth-order valence-corrected chi connectivity index (χ4v) is 4.30. The third-order valence-corrected chi connectivity index (χ3v) is 5.77. The summed E-state index contributed by atoms with van der Waals surface area (Å²) in [5.41, 5.74) is 3.15. The van der Waals surface area contributed by atoms with Crippen molar-refractivity contribution in [1.29, 1.82) is 0 Å². The molecule has 1 N–H and O–H groups in total. The van der Waals surface area contributed by atoms with E-state index < -0.39 is 0 Å². The zero-order valence-corrected chi connectivity index (χ0v) is 13.8. The summed E-state index contributed by atoms with van der Waals surface area (Å²) in [7, 11) is 0. The van der Waals surface area contributed by atoms with Crippen LogP contribution in [0.25, 0.3) is 0 Å². The summed E-state index contributed by atoms with van der Waals surface area (Å²) in [6, 6.07) is 11.1. The van der Waals surface area contributed by atoms with Gasteiger partial charge in [0.25, 0.3) is 0 Å². The molecule has 0 saturated carbocycles. The van der Waals surface area contributed by atoms with Crippen molar-refractivity contribution >= 4 is 0 Å². The molecule has 0 bridgehead atoms. The van der Waals surface area contributed by atoms with Crippen LogP contribution in [0.3, 0.4) is 0 Å². The minimum Gasteiger partial charge on any atom is -0.314 e. The maximum absolute atomic E-state index is 3.75. The van der Waals surface area contributed by atoms with Gasteiger partial charge in [-0.25, -0.2) is 0 Å². The minimum atomic E-state index is 0.687. The summed E-state index contributed by atoms with van der Waals surface area (Å²) in [6.07, 6.45) is 5.04. The van der Waals surface area contributed by atoms with E-state index in [0.717, 1.165) is 18.5 Å². The van der Waals surface area contributed by atoms with Crippen LogP contribution in [0.4, 0.5) is 0 Å². The Bertz CT molecular complexity index is 445. The van der Waals surface area contributed by atoms with Gasteiger partial charge in [-0.1, -0.05) is 38.1 Å². The van der Waals surface area contributed by atoms with Crippen LogP contribution >= 0.6 is 0 Å². The largest absolute Gasteiger partial charge is 0.314 e. The van der Waals surface area contributed by atoms with Crippen LogP contribution in [0, 0.1) is 5.92 Å². The van der Waals surface area contributed by atoms with Crippen LogP contribution in [-0.4, -0.2) is 36.1 Å². The van der Waals surface area contributed by atoms with Gasteiger partial charge in [0.15, 0.2) is 0 Å². The van der Waals surface area contributed by atoms with Crippen molar-refractivity contribution in [3.8, 4) is 0 Å². The number of fused-ring (bicyclic) bond motifs is 1. The van der Waals surface area contributed by atoms with Gasteiger partial charge in [0.1, 0.15) is 0 Å². The topological polar surface area (TPSA) is 15.3 Å². The first-order chi connectivity index (χ1) is 10.2. The highest BCUT2D eigenvalue weighted by Gasteiger charge is 2.37. The lowest BCUT2D eigenvalue weighted by Gasteiger charge is -2.46. The fourth-order valence-electron chi connectivity index (χ4n) is 4.30. The summed E-state index contributed by atoms with van der Waals surface area (Å²) in [4.78, 5) is 2.79. The van der Waals surface area contributed by atoms with Gasteiger partial charge < -0.3 is 5.32 Å². The van der Waals surface area contributed by atoms with Crippen molar-refractivity contribution in [3.63, 3.8) is 0 Å². The molecule has 3 unspecified atom stereocenters. The highest BCUT2D eigenvalue weighted by atomic mass is 15.2. The highest BCUT2D eigenvalue weighted by Crippen LogP contribution is 2.32. The van der Waals surface area contributed by atoms with Crippen molar-refractivity contribution in [2.24, 2.45) is 5.92 Å². The maximum Gasteiger partial charge on any atom is 0.0179 e. The number of rotatable bonds is 4. The lowest BCUT2D eigenvalue weighted by Crippen LogP contribution is -2.56. The van der Waals surface area contributed by atoms with Crippen LogP contribution in [0.2, 0.25) is 0 Å². The van der Waals surface area contributed by atoms with E-state index in [1.165, 1.54) is 32.2 Å². The quantitative estimate of drug-likeness (QED) is 0.914. The van der Waals surface area contributed by atoms with Gasteiger partial charge in [-0.2, -0.15) is 0 Å². The second-order valence-electron chi connectivity index (χ2n) is 7.02. The zero-order valence-electron chi connectivity index (χ0n) is 13.8. The van der Waals surface area contributed by atoms with Crippen LogP contribution in [-0.2, 0) is 12.8 Å². The van der Waals surface area contributed by atoms with Crippen LogP contribution in [0.5, 0.6) is 0 Å². The first-order valence-corrected chi connectivity index (χ1v) is 8.76. The van der Waals surface area contributed by atoms with Gasteiger partial charge >= 0.3 is 0 Å². The third-order valence-electron chi connectivity index (χ3n) is 5.77. The van der Waals surface area contributed by atoms with E-state index in [2.05, 4.69) is 55.3 Å². The second-order valence-corrected chi connectivity index (χ2v) is 7.02. The molecule has 0 radical (unpaired) electrons. The van der Waals surface area contributed by atoms with E-state index in [-0.39, 0.29) is 0 Å². The number of hydrogen-bond donors (Lipinski definition) is 1. The van der Waals surface area contributed by atoms with Crippen molar-refractivity contribution in [2.75, 3.05) is 13.1 Å². The SMILES string of the molecule is CCCNC1CCN(C2Cc3ccccc3C2)C(C)C1C. The number of likely N-dealkylation sites (tertiary alicyclic amines) is 1. The molecule has 3 rings (SSSR count). The fraction of sp³-hybridized carbons (Fsp3) is 0.684. The average Bonchev–Trinajstić information content (AvgIpc) is 2.92. The van der Waals surface area contributed by atoms with Gasteiger partial charge in [0.05, 0.1) is 0 Å². The van der Waals surface area contributed by atoms with Gasteiger partial charge in [-0.3, -0.25) is 4.90 Å². The van der Waals surface area contributed by atoms with Crippen molar-refractivity contribution in [3.05, 3.63) is 35.4 Å². The van der Waals surface area contributed by atoms with Gasteiger partial charge in [0, 0.05) is 24.7 Å². The molecule has 116 valence electrons. The molecule has 1 heterocycles. The number of nitrogens with one attached hydrogen (secondary N) is 1. The predicted octanol–water partition coefficient (Wildman–Crippen LogP) is 3.25. The summed E-state index contributed by atoms with van der Waals surface area (Å²) in [5.74, 6) is 0.744. The lowest BCUT2D eigenvalue weighted by atomic mass is 9.85. The normalized spacial score (nSPS) is 30.5. The van der Waals surface area contributed by atoms with E-state index in [1.54, 1.807) is 11.1 Å². The number of nitrogens with zero attached hydrogens (tertiary/aromatic N) is 1. The molecule has 1 aromatic rings. The summed E-state index contributed by atoms with van der Waals surface area (Å²) >= 11 is 0. The molecule has 2 heteroatoms. The number of hydrogen-bond acceptors (Lipinski definition) is 2. The molecule has 0 aromatic heterocycles. The Morgan fingerprint density at radius 1 is 1.14 bits per heavy atom. The molecule has 2 nitrogen and oxygen atoms in total. The van der Waals surface area contributed by atoms with Gasteiger partial charge in [-0.05, 0) is 56.2 Å². The Labute approximate surface area is 129 Å². The van der Waals surface area contributed by atoms with Crippen LogP contribution in [0.15, 0.2) is 24.3 Å². The van der Waals surface area contributed by atoms with Crippen molar-refractivity contribution in [1.82, 2.24) is 10.2 Å². The van der Waals surface area contributed by atoms with E-state index in [9.17, 15) is 0 Å². The molecule has 21 heavy (non-hydrogen) atoms. The lowest BCUT2D eigenvalue weighted by molar-refractivity contribution is 0.0500. The Morgan fingerprint density at radius 2 is 1.81 bits per heavy atom. The van der Waals surface area contributed by atoms with Crippen molar-refractivity contribution < 1.29 is 0 Å². The van der Waals surface area contributed by atoms with Gasteiger partial charge in [-0.15, -0.1) is 0 Å². The average molecular weight is 286 g/mol. The molecular weight excluding hydrogens is 256 g/mol. The van der Waals surface area contributed by atoms with E-state index in [4.69, 9.17) is 0 Å². The van der Waals surface area contributed by atoms with Crippen LogP contribution in [0.1, 0.15) is 44.7 Å². The Hall–Kier alpha value is -0.860. The Kier molecular flexibility index (Phi) is 4.66. The predicted molar refractivity (Wildman–Crippen MR) is 89.7 cm³/mol. The second kappa shape index (κ2) is 6.50. The number of piperidine rings is 1. The molecule has 1 fully saturated rings. The smallest absolute Gasteiger partial charge is 0.0179 e. The van der Waals surface area contributed by atoms with E-state index in [1.807, 2.05) is 0 Å². The monoisotopic (exact) mass is 286 g/mol. The molecule has 1 aliphatic carbocycles. The molecule has 3 atom stereocenters. The summed E-state index contributed by atoms with van der Waals surface area (Å²) in [6.45, 7) is 9.55. The first kappa shape index (κ1) is 15.1. The maximum atomic E-state index is 3.75. The highest BCUT2D eigenvalue weighted by molar-refractivity contribution is 5.33. The first-order valence-electron chi connectivity index (χ1n) is 8.76. The molecular formula is C19H30N2. The summed E-state index contributed by atoms with van der Waals surface area (Å²) < 4.78 is 0. The molecule has 1 aromatic carbocycles.